The number of nitrogens with one attached hydrogen (secondary N) is 1. The molecule has 4 rings (SSSR count). The number of hydrogen-bond acceptors (Lipinski definition) is 6. The molecule has 0 bridgehead atoms. The minimum Gasteiger partial charge on any atom is -0.494 e. The quantitative estimate of drug-likeness (QED) is 0.466. The lowest BCUT2D eigenvalue weighted by molar-refractivity contribution is -0.120. The molecule has 1 N–H and O–H groups in total. The van der Waals surface area contributed by atoms with Gasteiger partial charge in [0.15, 0.2) is 4.96 Å². The number of ether oxygens (including phenoxy) is 1. The van der Waals surface area contributed by atoms with E-state index in [0.717, 1.165) is 17.8 Å². The van der Waals surface area contributed by atoms with Crippen LogP contribution in [0.2, 0.25) is 0 Å². The van der Waals surface area contributed by atoms with Crippen LogP contribution in [0, 0.1) is 13.8 Å². The van der Waals surface area contributed by atoms with Gasteiger partial charge in [-0.1, -0.05) is 19.1 Å². The predicted octanol–water partition coefficient (Wildman–Crippen LogP) is 3.30. The van der Waals surface area contributed by atoms with Gasteiger partial charge in [0.2, 0.25) is 5.91 Å². The van der Waals surface area contributed by atoms with E-state index in [-0.39, 0.29) is 17.9 Å². The smallest absolute Gasteiger partial charge is 0.268 e. The Labute approximate surface area is 189 Å². The number of amides is 1. The minimum absolute atomic E-state index is 0.114. The average molecular weight is 452 g/mol. The number of methoxy groups -OCH3 is 1. The molecule has 0 radical (unpaired) electrons. The SMILES string of the molecule is CCCNC(=O)Cc1csc2nc(C)c(-c3cc(C)n(-c4ccccc4OC)n3)c(=O)n12. The Morgan fingerprint density at radius 2 is 2.03 bits per heavy atom. The largest absolute Gasteiger partial charge is 0.494 e. The third-order valence-electron chi connectivity index (χ3n) is 5.19. The molecule has 0 atom stereocenters. The number of fused-ring (bicyclic) bond motifs is 1. The van der Waals surface area contributed by atoms with E-state index in [0.29, 0.717) is 39.9 Å². The molecule has 3 aromatic heterocycles. The number of para-hydroxylation sites is 2. The highest BCUT2D eigenvalue weighted by atomic mass is 32.1. The van der Waals surface area contributed by atoms with E-state index in [4.69, 9.17) is 9.84 Å². The van der Waals surface area contributed by atoms with E-state index in [2.05, 4.69) is 10.3 Å². The van der Waals surface area contributed by atoms with Crippen LogP contribution in [0.4, 0.5) is 0 Å². The zero-order valence-electron chi connectivity index (χ0n) is 18.5. The van der Waals surface area contributed by atoms with Gasteiger partial charge in [-0.25, -0.2) is 9.67 Å². The summed E-state index contributed by atoms with van der Waals surface area (Å²) in [6.07, 6.45) is 0.980. The van der Waals surface area contributed by atoms with Crippen LogP contribution in [-0.2, 0) is 11.2 Å². The fourth-order valence-electron chi connectivity index (χ4n) is 3.66. The molecule has 4 aromatic rings. The van der Waals surface area contributed by atoms with E-state index in [1.165, 1.54) is 15.7 Å². The second-order valence-corrected chi connectivity index (χ2v) is 8.34. The van der Waals surface area contributed by atoms with Crippen molar-refractivity contribution in [2.24, 2.45) is 0 Å². The summed E-state index contributed by atoms with van der Waals surface area (Å²) in [4.78, 5) is 31.0. The molecule has 8 nitrogen and oxygen atoms in total. The highest BCUT2D eigenvalue weighted by Crippen LogP contribution is 2.27. The van der Waals surface area contributed by atoms with E-state index in [1.54, 1.807) is 11.8 Å². The van der Waals surface area contributed by atoms with Crippen molar-refractivity contribution in [2.75, 3.05) is 13.7 Å². The Balaban J connectivity index is 1.81. The van der Waals surface area contributed by atoms with Gasteiger partial charge in [-0.15, -0.1) is 11.3 Å². The highest BCUT2D eigenvalue weighted by molar-refractivity contribution is 7.15. The van der Waals surface area contributed by atoms with Crippen LogP contribution in [0.15, 0.2) is 40.5 Å². The molecule has 1 aromatic carbocycles. The predicted molar refractivity (Wildman–Crippen MR) is 125 cm³/mol. The van der Waals surface area contributed by atoms with Crippen molar-refractivity contribution in [3.05, 3.63) is 63.1 Å². The van der Waals surface area contributed by atoms with Crippen molar-refractivity contribution >= 4 is 22.2 Å². The van der Waals surface area contributed by atoms with Crippen LogP contribution >= 0.6 is 11.3 Å². The molecule has 3 heterocycles. The molecule has 9 heteroatoms. The maximum absolute atomic E-state index is 13.5. The highest BCUT2D eigenvalue weighted by Gasteiger charge is 2.20. The van der Waals surface area contributed by atoms with Gasteiger partial charge in [-0.2, -0.15) is 5.10 Å². The normalized spacial score (nSPS) is 11.1. The first-order valence-electron chi connectivity index (χ1n) is 10.4. The molecule has 166 valence electrons. The van der Waals surface area contributed by atoms with Crippen molar-refractivity contribution in [3.63, 3.8) is 0 Å². The second kappa shape index (κ2) is 8.96. The maximum atomic E-state index is 13.5. The number of rotatable bonds is 7. The first-order chi connectivity index (χ1) is 15.4. The summed E-state index contributed by atoms with van der Waals surface area (Å²) in [7, 11) is 1.61. The number of hydrogen-bond donors (Lipinski definition) is 1. The summed E-state index contributed by atoms with van der Waals surface area (Å²) in [6, 6.07) is 9.45. The maximum Gasteiger partial charge on any atom is 0.268 e. The minimum atomic E-state index is -0.225. The van der Waals surface area contributed by atoms with Crippen LogP contribution < -0.4 is 15.6 Å². The average Bonchev–Trinajstić information content (AvgIpc) is 3.35. The number of aromatic nitrogens is 4. The Hall–Kier alpha value is -3.46. The monoisotopic (exact) mass is 451 g/mol. The molecule has 0 aliphatic carbocycles. The summed E-state index contributed by atoms with van der Waals surface area (Å²) in [6.45, 7) is 6.34. The van der Waals surface area contributed by atoms with Crippen molar-refractivity contribution in [3.8, 4) is 22.7 Å². The molecule has 0 fully saturated rings. The molecular formula is C23H25N5O3S. The van der Waals surface area contributed by atoms with Gasteiger partial charge in [0.25, 0.3) is 5.56 Å². The Kier molecular flexibility index (Phi) is 6.09. The summed E-state index contributed by atoms with van der Waals surface area (Å²) in [5.41, 5.74) is 3.60. The Morgan fingerprint density at radius 3 is 2.78 bits per heavy atom. The summed E-state index contributed by atoms with van der Waals surface area (Å²) < 4.78 is 8.75. The number of carbonyl (C=O) groups is 1. The first-order valence-corrected chi connectivity index (χ1v) is 11.3. The van der Waals surface area contributed by atoms with E-state index in [1.807, 2.05) is 56.5 Å². The summed E-state index contributed by atoms with van der Waals surface area (Å²) >= 11 is 1.35. The molecular weight excluding hydrogens is 426 g/mol. The molecule has 0 spiro atoms. The second-order valence-electron chi connectivity index (χ2n) is 7.50. The van der Waals surface area contributed by atoms with Crippen molar-refractivity contribution in [1.82, 2.24) is 24.5 Å². The molecule has 0 unspecified atom stereocenters. The third-order valence-corrected chi connectivity index (χ3v) is 6.07. The van der Waals surface area contributed by atoms with Gasteiger partial charge in [-0.3, -0.25) is 14.0 Å². The fourth-order valence-corrected chi connectivity index (χ4v) is 4.59. The topological polar surface area (TPSA) is 90.5 Å². The van der Waals surface area contributed by atoms with Crippen molar-refractivity contribution in [2.45, 2.75) is 33.6 Å². The van der Waals surface area contributed by atoms with Crippen molar-refractivity contribution < 1.29 is 9.53 Å². The van der Waals surface area contributed by atoms with Crippen LogP contribution in [0.5, 0.6) is 5.75 Å². The molecule has 0 saturated carbocycles. The van der Waals surface area contributed by atoms with Gasteiger partial charge in [-0.05, 0) is 38.5 Å². The summed E-state index contributed by atoms with van der Waals surface area (Å²) in [5.74, 6) is 0.572. The molecule has 1 amide bonds. The number of benzene rings is 1. The van der Waals surface area contributed by atoms with Crippen LogP contribution in [0.1, 0.15) is 30.4 Å². The first kappa shape index (κ1) is 21.8. The molecule has 0 aliphatic rings. The molecule has 0 saturated heterocycles. The number of nitrogens with zero attached hydrogens (tertiary/aromatic N) is 4. The number of aryl methyl sites for hydroxylation is 2. The van der Waals surface area contributed by atoms with Gasteiger partial charge >= 0.3 is 0 Å². The Morgan fingerprint density at radius 1 is 1.25 bits per heavy atom. The molecule has 32 heavy (non-hydrogen) atoms. The van der Waals surface area contributed by atoms with E-state index < -0.39 is 0 Å². The van der Waals surface area contributed by atoms with E-state index in [9.17, 15) is 9.59 Å². The van der Waals surface area contributed by atoms with Crippen LogP contribution in [0.25, 0.3) is 21.9 Å². The molecule has 0 aliphatic heterocycles. The van der Waals surface area contributed by atoms with E-state index >= 15 is 0 Å². The van der Waals surface area contributed by atoms with Gasteiger partial charge < -0.3 is 10.1 Å². The lowest BCUT2D eigenvalue weighted by Crippen LogP contribution is -2.28. The zero-order chi connectivity index (χ0) is 22.8. The lowest BCUT2D eigenvalue weighted by atomic mass is 10.1. The van der Waals surface area contributed by atoms with Gasteiger partial charge in [0.05, 0.1) is 24.8 Å². The third kappa shape index (κ3) is 3.91. The fraction of sp³-hybridized carbons (Fsp3) is 0.304. The number of thiazole rings is 1. The number of carbonyl (C=O) groups excluding carboxylic acids is 1. The standard InChI is InChI=1S/C23H25N5O3S/c1-5-10-24-20(29)12-16-13-32-23-25-15(3)21(22(30)27(16)23)17-11-14(2)28(26-17)18-8-6-7-9-19(18)31-4/h6-9,11,13H,5,10,12H2,1-4H3,(H,24,29). The Bertz CT molecular complexity index is 1350. The summed E-state index contributed by atoms with van der Waals surface area (Å²) in [5, 5.41) is 9.38. The van der Waals surface area contributed by atoms with Crippen molar-refractivity contribution in [1.29, 1.82) is 0 Å². The van der Waals surface area contributed by atoms with Crippen LogP contribution in [0.3, 0.4) is 0 Å². The van der Waals surface area contributed by atoms with Crippen LogP contribution in [-0.4, -0.2) is 38.7 Å². The zero-order valence-corrected chi connectivity index (χ0v) is 19.3. The van der Waals surface area contributed by atoms with Gasteiger partial charge in [0.1, 0.15) is 17.1 Å². The lowest BCUT2D eigenvalue weighted by Gasteiger charge is -2.09. The van der Waals surface area contributed by atoms with Gasteiger partial charge in [0, 0.05) is 23.3 Å².